The van der Waals surface area contributed by atoms with Crippen LogP contribution in [-0.4, -0.2) is 39.1 Å². The Bertz CT molecular complexity index is 324. The summed E-state index contributed by atoms with van der Waals surface area (Å²) in [5, 5.41) is 9.21. The molecule has 4 atom stereocenters. The van der Waals surface area contributed by atoms with Gasteiger partial charge in [0, 0.05) is 10.5 Å². The lowest BCUT2D eigenvalue weighted by Gasteiger charge is -2.12. The van der Waals surface area contributed by atoms with E-state index in [4.69, 9.17) is 5.11 Å². The van der Waals surface area contributed by atoms with E-state index in [-0.39, 0.29) is 34.2 Å². The van der Waals surface area contributed by atoms with Gasteiger partial charge in [-0.3, -0.25) is 14.5 Å². The van der Waals surface area contributed by atoms with E-state index in [1.165, 1.54) is 0 Å². The van der Waals surface area contributed by atoms with Crippen molar-refractivity contribution in [2.45, 2.75) is 10.5 Å². The van der Waals surface area contributed by atoms with Crippen LogP contribution in [0.3, 0.4) is 0 Å². The van der Waals surface area contributed by atoms with Gasteiger partial charge in [-0.15, -0.1) is 11.8 Å². The Balaban J connectivity index is 2.02. The lowest BCUT2D eigenvalue weighted by atomic mass is 9.85. The maximum absolute atomic E-state index is 11.7. The van der Waals surface area contributed by atoms with E-state index >= 15 is 0 Å². The normalized spacial score (nSPS) is 43.9. The second kappa shape index (κ2) is 2.61. The molecule has 0 saturated carbocycles. The molecule has 2 fully saturated rings. The van der Waals surface area contributed by atoms with Gasteiger partial charge in [0.15, 0.2) is 0 Å². The van der Waals surface area contributed by atoms with Gasteiger partial charge in [0.05, 0.1) is 11.8 Å². The average molecular weight is 211 g/mol. The lowest BCUT2D eigenvalue weighted by Crippen LogP contribution is -2.33. The zero-order valence-electron chi connectivity index (χ0n) is 7.29. The molecule has 2 bridgehead atoms. The van der Waals surface area contributed by atoms with Gasteiger partial charge in [0.2, 0.25) is 11.8 Å². The topological polar surface area (TPSA) is 57.6 Å². The number of nitrogens with zero attached hydrogens (tertiary/aromatic N) is 1. The number of likely N-dealkylation sites (tertiary alicyclic amines) is 1. The first-order valence-corrected chi connectivity index (χ1v) is 5.48. The fourth-order valence-corrected chi connectivity index (χ4v) is 4.14. The van der Waals surface area contributed by atoms with Gasteiger partial charge in [0.25, 0.3) is 0 Å². The molecule has 1 N–H and O–H groups in total. The minimum absolute atomic E-state index is 0.151. The summed E-state index contributed by atoms with van der Waals surface area (Å²) in [6.45, 7) is -0.477. The molecule has 3 heterocycles. The van der Waals surface area contributed by atoms with Crippen molar-refractivity contribution in [3.63, 3.8) is 0 Å². The van der Waals surface area contributed by atoms with Crippen LogP contribution >= 0.6 is 11.8 Å². The summed E-state index contributed by atoms with van der Waals surface area (Å²) in [6, 6.07) is 0. The highest BCUT2D eigenvalue weighted by atomic mass is 32.2. The van der Waals surface area contributed by atoms with Crippen LogP contribution < -0.4 is 0 Å². The molecule has 0 aromatic rings. The SMILES string of the molecule is O=C1C2C3C=CC(S3)C2C(=O)N1CO. The number of carbonyl (C=O) groups excluding carboxylic acids is 2. The summed E-state index contributed by atoms with van der Waals surface area (Å²) in [7, 11) is 0. The average Bonchev–Trinajstić information content (AvgIpc) is 2.80. The van der Waals surface area contributed by atoms with Gasteiger partial charge in [-0.2, -0.15) is 0 Å². The second-order valence-electron chi connectivity index (χ2n) is 3.75. The van der Waals surface area contributed by atoms with Crippen LogP contribution in [0.2, 0.25) is 0 Å². The van der Waals surface area contributed by atoms with Crippen molar-refractivity contribution in [3.05, 3.63) is 12.2 Å². The van der Waals surface area contributed by atoms with Crippen LogP contribution in [0.4, 0.5) is 0 Å². The molecule has 74 valence electrons. The number of imide groups is 1. The summed E-state index contributed by atoms with van der Waals surface area (Å²) in [5.41, 5.74) is 0. The minimum atomic E-state index is -0.477. The molecular formula is C9H9NO3S. The van der Waals surface area contributed by atoms with Gasteiger partial charge in [-0.05, 0) is 0 Å². The Morgan fingerprint density at radius 1 is 1.21 bits per heavy atom. The Labute approximate surface area is 85.0 Å². The van der Waals surface area contributed by atoms with E-state index in [1.807, 2.05) is 12.2 Å². The fraction of sp³-hybridized carbons (Fsp3) is 0.556. The van der Waals surface area contributed by atoms with Crippen LogP contribution in [0, 0.1) is 11.8 Å². The van der Waals surface area contributed by atoms with E-state index in [1.54, 1.807) is 11.8 Å². The zero-order valence-corrected chi connectivity index (χ0v) is 8.11. The summed E-state index contributed by atoms with van der Waals surface area (Å²) in [5.74, 6) is -0.831. The quantitative estimate of drug-likeness (QED) is 0.473. The molecular weight excluding hydrogens is 202 g/mol. The Hall–Kier alpha value is -0.810. The summed E-state index contributed by atoms with van der Waals surface area (Å²) in [4.78, 5) is 24.4. The van der Waals surface area contributed by atoms with E-state index in [2.05, 4.69) is 0 Å². The summed E-state index contributed by atoms with van der Waals surface area (Å²) < 4.78 is 0. The number of hydrogen-bond acceptors (Lipinski definition) is 4. The molecule has 0 aromatic heterocycles. The standard InChI is InChI=1S/C9H9NO3S/c11-3-10-8(12)6-4-1-2-5(14-4)7(6)9(10)13/h1-2,4-7,11H,3H2. The van der Waals surface area contributed by atoms with Gasteiger partial charge >= 0.3 is 0 Å². The minimum Gasteiger partial charge on any atom is -0.376 e. The van der Waals surface area contributed by atoms with Crippen molar-refractivity contribution in [2.75, 3.05) is 6.73 Å². The van der Waals surface area contributed by atoms with Crippen molar-refractivity contribution in [2.24, 2.45) is 11.8 Å². The van der Waals surface area contributed by atoms with E-state index in [0.29, 0.717) is 0 Å². The first kappa shape index (κ1) is 8.49. The molecule has 0 radical (unpaired) electrons. The van der Waals surface area contributed by atoms with Gasteiger partial charge in [0.1, 0.15) is 6.73 Å². The number of aliphatic hydroxyl groups is 1. The highest BCUT2D eigenvalue weighted by Gasteiger charge is 2.59. The largest absolute Gasteiger partial charge is 0.376 e. The van der Waals surface area contributed by atoms with Crippen LogP contribution in [-0.2, 0) is 9.59 Å². The van der Waals surface area contributed by atoms with Crippen LogP contribution in [0.1, 0.15) is 0 Å². The molecule has 0 aliphatic carbocycles. The highest BCUT2D eigenvalue weighted by molar-refractivity contribution is 8.01. The van der Waals surface area contributed by atoms with E-state index in [0.717, 1.165) is 4.90 Å². The number of hydrogen-bond donors (Lipinski definition) is 1. The van der Waals surface area contributed by atoms with E-state index in [9.17, 15) is 9.59 Å². The third kappa shape index (κ3) is 0.797. The molecule has 5 heteroatoms. The number of fused-ring (bicyclic) bond motifs is 5. The van der Waals surface area contributed by atoms with Crippen LogP contribution in [0.15, 0.2) is 12.2 Å². The third-order valence-corrected chi connectivity index (χ3v) is 4.67. The number of aliphatic hydroxyl groups excluding tert-OH is 1. The first-order valence-electron chi connectivity index (χ1n) is 4.54. The van der Waals surface area contributed by atoms with Crippen molar-refractivity contribution < 1.29 is 14.7 Å². The molecule has 0 spiro atoms. The lowest BCUT2D eigenvalue weighted by molar-refractivity contribution is -0.143. The molecule has 2 saturated heterocycles. The monoisotopic (exact) mass is 211 g/mol. The van der Waals surface area contributed by atoms with Gasteiger partial charge in [-0.1, -0.05) is 12.2 Å². The smallest absolute Gasteiger partial charge is 0.236 e. The van der Waals surface area contributed by atoms with Crippen molar-refractivity contribution >= 4 is 23.6 Å². The molecule has 4 unspecified atom stereocenters. The molecule has 2 amide bonds. The van der Waals surface area contributed by atoms with Gasteiger partial charge < -0.3 is 5.11 Å². The highest BCUT2D eigenvalue weighted by Crippen LogP contribution is 2.52. The first-order chi connectivity index (χ1) is 6.74. The molecule has 3 aliphatic heterocycles. The van der Waals surface area contributed by atoms with Crippen LogP contribution in [0.5, 0.6) is 0 Å². The van der Waals surface area contributed by atoms with Crippen molar-refractivity contribution in [3.8, 4) is 0 Å². The molecule has 3 aliphatic rings. The number of thioether (sulfide) groups is 1. The third-order valence-electron chi connectivity index (χ3n) is 3.14. The second-order valence-corrected chi connectivity index (χ2v) is 5.11. The fourth-order valence-electron chi connectivity index (χ4n) is 2.50. The molecule has 4 nitrogen and oxygen atoms in total. The van der Waals surface area contributed by atoms with Crippen molar-refractivity contribution in [1.82, 2.24) is 4.90 Å². The number of rotatable bonds is 1. The van der Waals surface area contributed by atoms with E-state index < -0.39 is 6.73 Å². The van der Waals surface area contributed by atoms with Crippen molar-refractivity contribution in [1.29, 1.82) is 0 Å². The van der Waals surface area contributed by atoms with Crippen LogP contribution in [0.25, 0.3) is 0 Å². The number of amides is 2. The Morgan fingerprint density at radius 3 is 2.14 bits per heavy atom. The van der Waals surface area contributed by atoms with Gasteiger partial charge in [-0.25, -0.2) is 0 Å². The molecule has 0 aromatic carbocycles. The predicted molar refractivity (Wildman–Crippen MR) is 50.2 cm³/mol. The predicted octanol–water partition coefficient (Wildman–Crippen LogP) is -0.409. The number of carbonyl (C=O) groups is 2. The zero-order chi connectivity index (χ0) is 9.87. The summed E-state index contributed by atoms with van der Waals surface area (Å²) >= 11 is 1.68. The maximum Gasteiger partial charge on any atom is 0.236 e. The Morgan fingerprint density at radius 2 is 1.71 bits per heavy atom. The summed E-state index contributed by atoms with van der Waals surface area (Å²) in [6.07, 6.45) is 4.01. The maximum atomic E-state index is 11.7. The Kier molecular flexibility index (Phi) is 1.58. The molecule has 14 heavy (non-hydrogen) atoms. The molecule has 3 rings (SSSR count).